The van der Waals surface area contributed by atoms with Crippen LogP contribution in [0.15, 0.2) is 42.7 Å². The second-order valence-electron chi connectivity index (χ2n) is 4.10. The Morgan fingerprint density at radius 2 is 1.89 bits per heavy atom. The molecule has 0 bridgehead atoms. The molecular weight excluding hydrogens is 283 g/mol. The number of aromatic nitrogens is 1. The van der Waals surface area contributed by atoms with Gasteiger partial charge in [0.25, 0.3) is 5.91 Å². The Balaban J connectivity index is 2.13. The van der Waals surface area contributed by atoms with Gasteiger partial charge in [0.15, 0.2) is 0 Å². The van der Waals surface area contributed by atoms with E-state index in [4.69, 9.17) is 23.2 Å². The Hall–Kier alpha value is -1.58. The van der Waals surface area contributed by atoms with Crippen molar-refractivity contribution in [1.29, 1.82) is 0 Å². The lowest BCUT2D eigenvalue weighted by Gasteiger charge is -2.14. The normalized spacial score (nSPS) is 11.9. The molecule has 2 rings (SSSR count). The van der Waals surface area contributed by atoms with Crippen molar-refractivity contribution in [2.75, 3.05) is 0 Å². The van der Waals surface area contributed by atoms with Crippen molar-refractivity contribution < 1.29 is 4.79 Å². The van der Waals surface area contributed by atoms with Crippen molar-refractivity contribution in [2.45, 2.75) is 13.0 Å². The van der Waals surface area contributed by atoms with Gasteiger partial charge in [-0.3, -0.25) is 9.78 Å². The van der Waals surface area contributed by atoms with E-state index in [9.17, 15) is 4.79 Å². The fraction of sp³-hybridized carbons (Fsp3) is 0.143. The average Bonchev–Trinajstić information content (AvgIpc) is 2.39. The van der Waals surface area contributed by atoms with Crippen LogP contribution in [0.2, 0.25) is 10.0 Å². The molecular formula is C14H12Cl2N2O. The highest BCUT2D eigenvalue weighted by atomic mass is 35.5. The summed E-state index contributed by atoms with van der Waals surface area (Å²) in [5, 5.41) is 3.72. The Kier molecular flexibility index (Phi) is 4.40. The molecule has 5 heteroatoms. The van der Waals surface area contributed by atoms with Gasteiger partial charge in [-0.05, 0) is 42.8 Å². The van der Waals surface area contributed by atoms with Crippen molar-refractivity contribution in [3.05, 3.63) is 63.9 Å². The SMILES string of the molecule is CC(NC(=O)c1ccc(Cl)cc1Cl)c1ccncc1. The summed E-state index contributed by atoms with van der Waals surface area (Å²) in [5.41, 5.74) is 1.39. The van der Waals surface area contributed by atoms with Crippen LogP contribution in [0.3, 0.4) is 0 Å². The first-order valence-electron chi connectivity index (χ1n) is 5.74. The monoisotopic (exact) mass is 294 g/mol. The van der Waals surface area contributed by atoms with Gasteiger partial charge in [-0.1, -0.05) is 23.2 Å². The molecule has 0 aliphatic rings. The van der Waals surface area contributed by atoms with Crippen LogP contribution >= 0.6 is 23.2 Å². The molecule has 1 unspecified atom stereocenters. The fourth-order valence-electron chi connectivity index (χ4n) is 1.68. The standard InChI is InChI=1S/C14H12Cl2N2O/c1-9(10-4-6-17-7-5-10)18-14(19)12-3-2-11(15)8-13(12)16/h2-9H,1H3,(H,18,19). The summed E-state index contributed by atoms with van der Waals surface area (Å²) in [6.45, 7) is 1.90. The number of halogens is 2. The average molecular weight is 295 g/mol. The molecule has 0 saturated carbocycles. The van der Waals surface area contributed by atoms with Crippen molar-refractivity contribution >= 4 is 29.1 Å². The minimum atomic E-state index is -0.231. The number of hydrogen-bond donors (Lipinski definition) is 1. The van der Waals surface area contributed by atoms with E-state index in [1.807, 2.05) is 19.1 Å². The Bertz CT molecular complexity index is 587. The van der Waals surface area contributed by atoms with Gasteiger partial charge in [0.1, 0.15) is 0 Å². The van der Waals surface area contributed by atoms with Crippen LogP contribution in [0, 0.1) is 0 Å². The zero-order valence-electron chi connectivity index (χ0n) is 10.2. The summed E-state index contributed by atoms with van der Waals surface area (Å²) in [6.07, 6.45) is 3.38. The number of carbonyl (C=O) groups is 1. The summed E-state index contributed by atoms with van der Waals surface area (Å²) in [5.74, 6) is -0.231. The van der Waals surface area contributed by atoms with Gasteiger partial charge < -0.3 is 5.32 Å². The van der Waals surface area contributed by atoms with Gasteiger partial charge in [-0.2, -0.15) is 0 Å². The first-order valence-corrected chi connectivity index (χ1v) is 6.49. The van der Waals surface area contributed by atoms with E-state index >= 15 is 0 Å². The highest BCUT2D eigenvalue weighted by Gasteiger charge is 2.14. The third-order valence-corrected chi connectivity index (χ3v) is 3.28. The van der Waals surface area contributed by atoms with E-state index in [1.165, 1.54) is 0 Å². The maximum absolute atomic E-state index is 12.1. The van der Waals surface area contributed by atoms with Gasteiger partial charge in [0, 0.05) is 17.4 Å². The molecule has 3 nitrogen and oxygen atoms in total. The highest BCUT2D eigenvalue weighted by molar-refractivity contribution is 6.36. The van der Waals surface area contributed by atoms with Crippen LogP contribution in [0.5, 0.6) is 0 Å². The zero-order chi connectivity index (χ0) is 13.8. The van der Waals surface area contributed by atoms with Gasteiger partial charge in [0.2, 0.25) is 0 Å². The molecule has 0 aliphatic carbocycles. The highest BCUT2D eigenvalue weighted by Crippen LogP contribution is 2.21. The van der Waals surface area contributed by atoms with E-state index in [2.05, 4.69) is 10.3 Å². The Morgan fingerprint density at radius 1 is 1.21 bits per heavy atom. The summed E-state index contributed by atoms with van der Waals surface area (Å²) in [7, 11) is 0. The van der Waals surface area contributed by atoms with Gasteiger partial charge in [-0.25, -0.2) is 0 Å². The summed E-state index contributed by atoms with van der Waals surface area (Å²) >= 11 is 11.8. The molecule has 98 valence electrons. The number of carbonyl (C=O) groups excluding carboxylic acids is 1. The third-order valence-electron chi connectivity index (χ3n) is 2.73. The van der Waals surface area contributed by atoms with Crippen LogP contribution in [-0.4, -0.2) is 10.9 Å². The van der Waals surface area contributed by atoms with Crippen LogP contribution < -0.4 is 5.32 Å². The minimum absolute atomic E-state index is 0.123. The second-order valence-corrected chi connectivity index (χ2v) is 4.94. The van der Waals surface area contributed by atoms with Crippen LogP contribution in [0.4, 0.5) is 0 Å². The van der Waals surface area contributed by atoms with Crippen molar-refractivity contribution in [2.24, 2.45) is 0 Å². The predicted molar refractivity (Wildman–Crippen MR) is 76.6 cm³/mol. The van der Waals surface area contributed by atoms with E-state index in [0.717, 1.165) is 5.56 Å². The topological polar surface area (TPSA) is 42.0 Å². The lowest BCUT2D eigenvalue weighted by Crippen LogP contribution is -2.26. The predicted octanol–water partition coefficient (Wildman–Crippen LogP) is 3.88. The number of hydrogen-bond acceptors (Lipinski definition) is 2. The first kappa shape index (κ1) is 13.8. The quantitative estimate of drug-likeness (QED) is 0.933. The van der Waals surface area contributed by atoms with E-state index in [1.54, 1.807) is 30.6 Å². The van der Waals surface area contributed by atoms with E-state index in [0.29, 0.717) is 15.6 Å². The van der Waals surface area contributed by atoms with Crippen molar-refractivity contribution in [3.8, 4) is 0 Å². The molecule has 2 aromatic rings. The number of rotatable bonds is 3. The van der Waals surface area contributed by atoms with Gasteiger partial charge >= 0.3 is 0 Å². The van der Waals surface area contributed by atoms with E-state index in [-0.39, 0.29) is 11.9 Å². The van der Waals surface area contributed by atoms with Crippen molar-refractivity contribution in [1.82, 2.24) is 10.3 Å². The summed E-state index contributed by atoms with van der Waals surface area (Å²) in [4.78, 5) is 16.0. The molecule has 0 fully saturated rings. The maximum Gasteiger partial charge on any atom is 0.253 e. The third kappa shape index (κ3) is 3.46. The molecule has 0 saturated heterocycles. The van der Waals surface area contributed by atoms with Gasteiger partial charge in [0.05, 0.1) is 16.6 Å². The summed E-state index contributed by atoms with van der Waals surface area (Å²) in [6, 6.07) is 8.39. The minimum Gasteiger partial charge on any atom is -0.345 e. The lowest BCUT2D eigenvalue weighted by atomic mass is 10.1. The number of nitrogens with zero attached hydrogens (tertiary/aromatic N) is 1. The molecule has 1 N–H and O–H groups in total. The first-order chi connectivity index (χ1) is 9.08. The smallest absolute Gasteiger partial charge is 0.253 e. The molecule has 1 atom stereocenters. The van der Waals surface area contributed by atoms with Gasteiger partial charge in [-0.15, -0.1) is 0 Å². The largest absolute Gasteiger partial charge is 0.345 e. The molecule has 1 heterocycles. The second kappa shape index (κ2) is 6.04. The Labute approximate surface area is 121 Å². The number of pyridine rings is 1. The number of amides is 1. The number of benzene rings is 1. The fourth-order valence-corrected chi connectivity index (χ4v) is 2.18. The summed E-state index contributed by atoms with van der Waals surface area (Å²) < 4.78 is 0. The van der Waals surface area contributed by atoms with Crippen LogP contribution in [-0.2, 0) is 0 Å². The Morgan fingerprint density at radius 3 is 2.53 bits per heavy atom. The molecule has 1 amide bonds. The lowest BCUT2D eigenvalue weighted by molar-refractivity contribution is 0.0940. The molecule has 1 aromatic carbocycles. The number of nitrogens with one attached hydrogen (secondary N) is 1. The van der Waals surface area contributed by atoms with Crippen LogP contribution in [0.1, 0.15) is 28.9 Å². The maximum atomic E-state index is 12.1. The molecule has 0 aliphatic heterocycles. The van der Waals surface area contributed by atoms with E-state index < -0.39 is 0 Å². The van der Waals surface area contributed by atoms with Crippen LogP contribution in [0.25, 0.3) is 0 Å². The molecule has 19 heavy (non-hydrogen) atoms. The molecule has 0 spiro atoms. The zero-order valence-corrected chi connectivity index (χ0v) is 11.7. The van der Waals surface area contributed by atoms with Crippen molar-refractivity contribution in [3.63, 3.8) is 0 Å². The molecule has 1 aromatic heterocycles. The molecule has 0 radical (unpaired) electrons.